The molecule has 0 aliphatic rings. The van der Waals surface area contributed by atoms with Gasteiger partial charge in [-0.2, -0.15) is 13.2 Å². The number of thiophene rings is 1. The minimum atomic E-state index is -4.54. The summed E-state index contributed by atoms with van der Waals surface area (Å²) in [5.41, 5.74) is 1.23. The highest BCUT2D eigenvalue weighted by molar-refractivity contribution is 7.21. The fraction of sp³-hybridized carbons (Fsp3) is 0.0417. The van der Waals surface area contributed by atoms with Gasteiger partial charge < -0.3 is 10.4 Å². The van der Waals surface area contributed by atoms with Gasteiger partial charge in [0.05, 0.1) is 5.56 Å². The van der Waals surface area contributed by atoms with E-state index in [4.69, 9.17) is 0 Å². The number of carbonyl (C=O) groups is 1. The molecule has 0 radical (unpaired) electrons. The highest BCUT2D eigenvalue weighted by Crippen LogP contribution is 2.40. The Bertz CT molecular complexity index is 1260. The third kappa shape index (κ3) is 4.46. The van der Waals surface area contributed by atoms with E-state index in [1.807, 2.05) is 60.7 Å². The number of carbonyl (C=O) groups excluding carboxylic acids is 1. The first-order valence-electron chi connectivity index (χ1n) is 9.29. The van der Waals surface area contributed by atoms with Gasteiger partial charge in [0.1, 0.15) is 10.6 Å². The van der Waals surface area contributed by atoms with E-state index in [9.17, 15) is 23.1 Å². The molecule has 0 saturated carbocycles. The van der Waals surface area contributed by atoms with Crippen molar-refractivity contribution in [3.05, 3.63) is 100 Å². The Morgan fingerprint density at radius 2 is 1.58 bits per heavy atom. The zero-order valence-corrected chi connectivity index (χ0v) is 16.8. The summed E-state index contributed by atoms with van der Waals surface area (Å²) < 4.78 is 39.4. The molecule has 3 aromatic carbocycles. The second-order valence-electron chi connectivity index (χ2n) is 6.78. The predicted octanol–water partition coefficient (Wildman–Crippen LogP) is 6.55. The summed E-state index contributed by atoms with van der Waals surface area (Å²) in [5.74, 6) is -1.06. The average molecular weight is 439 g/mol. The molecule has 4 aromatic rings. The lowest BCUT2D eigenvalue weighted by Gasteiger charge is -2.10. The normalized spacial score (nSPS) is 12.2. The molecule has 0 atom stereocenters. The first-order chi connectivity index (χ1) is 14.8. The number of nitrogens with one attached hydrogen (secondary N) is 1. The summed E-state index contributed by atoms with van der Waals surface area (Å²) >= 11 is 0.938. The van der Waals surface area contributed by atoms with E-state index in [0.29, 0.717) is 10.4 Å². The molecule has 4 rings (SSSR count). The van der Waals surface area contributed by atoms with Crippen LogP contribution in [0.2, 0.25) is 0 Å². The van der Waals surface area contributed by atoms with Crippen LogP contribution in [0.5, 0.6) is 5.75 Å². The smallest absolute Gasteiger partial charge is 0.416 e. The van der Waals surface area contributed by atoms with Gasteiger partial charge in [0, 0.05) is 15.8 Å². The Labute approximate surface area is 180 Å². The molecule has 1 heterocycles. The molecule has 7 heteroatoms. The third-order valence-electron chi connectivity index (χ3n) is 4.64. The largest absolute Gasteiger partial charge is 0.506 e. The quantitative estimate of drug-likeness (QED) is 0.354. The lowest BCUT2D eigenvalue weighted by atomic mass is 10.1. The third-order valence-corrected chi connectivity index (χ3v) is 5.80. The number of hydrogen-bond donors (Lipinski definition) is 2. The highest BCUT2D eigenvalue weighted by atomic mass is 32.1. The molecule has 0 aliphatic carbocycles. The van der Waals surface area contributed by atoms with Crippen LogP contribution >= 0.6 is 11.3 Å². The number of benzene rings is 3. The summed E-state index contributed by atoms with van der Waals surface area (Å²) in [6, 6.07) is 21.6. The van der Waals surface area contributed by atoms with E-state index in [2.05, 4.69) is 5.32 Å². The van der Waals surface area contributed by atoms with Crippen molar-refractivity contribution in [3.63, 3.8) is 0 Å². The lowest BCUT2D eigenvalue weighted by Crippen LogP contribution is -2.21. The van der Waals surface area contributed by atoms with Crippen molar-refractivity contribution in [1.82, 2.24) is 5.32 Å². The summed E-state index contributed by atoms with van der Waals surface area (Å²) in [7, 11) is 0. The van der Waals surface area contributed by atoms with Gasteiger partial charge in [-0.15, -0.1) is 11.3 Å². The van der Waals surface area contributed by atoms with Crippen molar-refractivity contribution in [2.75, 3.05) is 0 Å². The molecular formula is C24H16F3NO2S. The van der Waals surface area contributed by atoms with Gasteiger partial charge in [-0.1, -0.05) is 60.7 Å². The molecule has 31 heavy (non-hydrogen) atoms. The molecule has 0 bridgehead atoms. The summed E-state index contributed by atoms with van der Waals surface area (Å²) in [4.78, 5) is 12.9. The molecule has 0 saturated heterocycles. The summed E-state index contributed by atoms with van der Waals surface area (Å²) in [6.07, 6.45) is -2.75. The van der Waals surface area contributed by atoms with Crippen LogP contribution in [-0.4, -0.2) is 11.0 Å². The molecule has 0 aliphatic heterocycles. The van der Waals surface area contributed by atoms with Crippen LogP contribution in [0.3, 0.4) is 0 Å². The predicted molar refractivity (Wildman–Crippen MR) is 117 cm³/mol. The number of hydrogen-bond acceptors (Lipinski definition) is 3. The van der Waals surface area contributed by atoms with Crippen molar-refractivity contribution in [1.29, 1.82) is 0 Å². The summed E-state index contributed by atoms with van der Waals surface area (Å²) in [6.45, 7) is 0. The Kier molecular flexibility index (Phi) is 5.52. The number of alkyl halides is 3. The molecular weight excluding hydrogens is 423 g/mol. The zero-order valence-electron chi connectivity index (χ0n) is 16.0. The zero-order chi connectivity index (χ0) is 22.0. The van der Waals surface area contributed by atoms with E-state index >= 15 is 0 Å². The van der Waals surface area contributed by atoms with Crippen molar-refractivity contribution in [2.24, 2.45) is 0 Å². The average Bonchev–Trinajstić information content (AvgIpc) is 3.10. The van der Waals surface area contributed by atoms with E-state index in [-0.39, 0.29) is 10.3 Å². The maximum Gasteiger partial charge on any atom is 0.416 e. The number of aromatic hydroxyl groups is 1. The van der Waals surface area contributed by atoms with Gasteiger partial charge in [0.25, 0.3) is 5.91 Å². The number of halogens is 3. The molecule has 0 fully saturated rings. The van der Waals surface area contributed by atoms with E-state index in [0.717, 1.165) is 34.6 Å². The number of fused-ring (bicyclic) bond motifs is 1. The molecule has 2 N–H and O–H groups in total. The Hall–Kier alpha value is -3.58. The first kappa shape index (κ1) is 20.7. The lowest BCUT2D eigenvalue weighted by molar-refractivity contribution is -0.137. The molecule has 0 unspecified atom stereocenters. The van der Waals surface area contributed by atoms with Gasteiger partial charge in [-0.3, -0.25) is 4.79 Å². The minimum Gasteiger partial charge on any atom is -0.506 e. The second kappa shape index (κ2) is 8.28. The van der Waals surface area contributed by atoms with Crippen LogP contribution in [0.25, 0.3) is 21.9 Å². The van der Waals surface area contributed by atoms with Crippen LogP contribution in [0.1, 0.15) is 26.4 Å². The number of rotatable bonds is 4. The standard InChI is InChI=1S/C24H16F3NO2S/c25-24(26,27)17-11-12-20-18(14-17)21(29)22(31-20)23(30)28-19(16-9-5-2-6-10-16)13-15-7-3-1-4-8-15/h1-14,29H,(H,28,30). The maximum absolute atomic E-state index is 13.0. The Morgan fingerprint density at radius 1 is 0.935 bits per heavy atom. The van der Waals surface area contributed by atoms with Gasteiger partial charge in [0.2, 0.25) is 0 Å². The first-order valence-corrected chi connectivity index (χ1v) is 10.1. The Morgan fingerprint density at radius 3 is 2.23 bits per heavy atom. The number of amides is 1. The van der Waals surface area contributed by atoms with Gasteiger partial charge in [-0.05, 0) is 35.4 Å². The molecule has 0 spiro atoms. The molecule has 1 amide bonds. The van der Waals surface area contributed by atoms with Gasteiger partial charge >= 0.3 is 6.18 Å². The van der Waals surface area contributed by atoms with Gasteiger partial charge in [0.15, 0.2) is 0 Å². The van der Waals surface area contributed by atoms with Crippen LogP contribution < -0.4 is 5.32 Å². The van der Waals surface area contributed by atoms with E-state index in [1.54, 1.807) is 6.08 Å². The van der Waals surface area contributed by atoms with Gasteiger partial charge in [-0.25, -0.2) is 0 Å². The van der Waals surface area contributed by atoms with E-state index in [1.165, 1.54) is 6.07 Å². The highest BCUT2D eigenvalue weighted by Gasteiger charge is 2.31. The monoisotopic (exact) mass is 439 g/mol. The van der Waals surface area contributed by atoms with Crippen LogP contribution in [0, 0.1) is 0 Å². The van der Waals surface area contributed by atoms with Crippen LogP contribution in [0.15, 0.2) is 78.9 Å². The maximum atomic E-state index is 13.0. The summed E-state index contributed by atoms with van der Waals surface area (Å²) in [5, 5.41) is 13.3. The van der Waals surface area contributed by atoms with Crippen LogP contribution in [0.4, 0.5) is 13.2 Å². The van der Waals surface area contributed by atoms with Crippen molar-refractivity contribution < 1.29 is 23.1 Å². The SMILES string of the molecule is O=C(NC(=Cc1ccccc1)c1ccccc1)c1sc2ccc(C(F)(F)F)cc2c1O. The van der Waals surface area contributed by atoms with Crippen molar-refractivity contribution in [2.45, 2.75) is 6.18 Å². The Balaban J connectivity index is 1.71. The second-order valence-corrected chi connectivity index (χ2v) is 7.83. The molecule has 156 valence electrons. The fourth-order valence-corrected chi connectivity index (χ4v) is 4.09. The van der Waals surface area contributed by atoms with Crippen LogP contribution in [-0.2, 0) is 6.18 Å². The van der Waals surface area contributed by atoms with Crippen molar-refractivity contribution >= 4 is 39.1 Å². The fourth-order valence-electron chi connectivity index (χ4n) is 3.12. The molecule has 1 aromatic heterocycles. The topological polar surface area (TPSA) is 49.3 Å². The molecule has 3 nitrogen and oxygen atoms in total. The minimum absolute atomic E-state index is 0.00160. The van der Waals surface area contributed by atoms with Crippen molar-refractivity contribution in [3.8, 4) is 5.75 Å². The van der Waals surface area contributed by atoms with E-state index < -0.39 is 23.4 Å².